The van der Waals surface area contributed by atoms with E-state index in [9.17, 15) is 9.90 Å². The van der Waals surface area contributed by atoms with Gasteiger partial charge >= 0.3 is 0 Å². The van der Waals surface area contributed by atoms with Crippen LogP contribution in [0.3, 0.4) is 0 Å². The molecule has 0 spiro atoms. The van der Waals surface area contributed by atoms with Crippen LogP contribution in [0, 0.1) is 0 Å². The van der Waals surface area contributed by atoms with Crippen molar-refractivity contribution < 1.29 is 5.11 Å². The number of rotatable bonds is 6. The number of nitrogens with one attached hydrogen (secondary N) is 2. The summed E-state index contributed by atoms with van der Waals surface area (Å²) in [5.74, 6) is 1.25. The molecular formula is C11H19N3O2. The van der Waals surface area contributed by atoms with Gasteiger partial charge in [0.2, 0.25) is 0 Å². The van der Waals surface area contributed by atoms with Gasteiger partial charge in [-0.2, -0.15) is 0 Å². The maximum absolute atomic E-state index is 11.2. The first-order chi connectivity index (χ1) is 7.65. The Hall–Kier alpha value is -1.36. The van der Waals surface area contributed by atoms with Gasteiger partial charge in [0, 0.05) is 19.0 Å². The van der Waals surface area contributed by atoms with Crippen LogP contribution >= 0.6 is 0 Å². The summed E-state index contributed by atoms with van der Waals surface area (Å²) in [6, 6.07) is 1.43. The summed E-state index contributed by atoms with van der Waals surface area (Å²) in [6.45, 7) is 4.49. The van der Waals surface area contributed by atoms with Crippen molar-refractivity contribution in [3.8, 4) is 0 Å². The zero-order chi connectivity index (χ0) is 12.0. The summed E-state index contributed by atoms with van der Waals surface area (Å²) < 4.78 is 0. The van der Waals surface area contributed by atoms with Crippen molar-refractivity contribution in [2.45, 2.75) is 39.2 Å². The zero-order valence-corrected chi connectivity index (χ0v) is 9.79. The molecule has 16 heavy (non-hydrogen) atoms. The molecule has 0 amide bonds. The molecule has 0 bridgehead atoms. The number of hydrogen-bond donors (Lipinski definition) is 3. The Balaban J connectivity index is 2.53. The molecule has 1 rings (SSSR count). The fourth-order valence-electron chi connectivity index (χ4n) is 1.34. The Morgan fingerprint density at radius 3 is 2.94 bits per heavy atom. The molecule has 5 nitrogen and oxygen atoms in total. The standard InChI is InChI=1S/C11H19N3O2/c1-3-8(15)5-6-12-10-7-11(16)14-9(4-2)13-10/h7-8,15H,3-6H2,1-2H3,(H2,12,13,14,16). The quantitative estimate of drug-likeness (QED) is 0.672. The van der Waals surface area contributed by atoms with E-state index in [2.05, 4.69) is 15.3 Å². The van der Waals surface area contributed by atoms with Crippen LogP contribution in [-0.4, -0.2) is 27.7 Å². The van der Waals surface area contributed by atoms with Crippen LogP contribution in [0.25, 0.3) is 0 Å². The molecule has 1 heterocycles. The largest absolute Gasteiger partial charge is 0.393 e. The van der Waals surface area contributed by atoms with Crippen molar-refractivity contribution in [3.63, 3.8) is 0 Å². The van der Waals surface area contributed by atoms with E-state index < -0.39 is 0 Å². The van der Waals surface area contributed by atoms with Gasteiger partial charge in [0.05, 0.1) is 6.10 Å². The number of anilines is 1. The van der Waals surface area contributed by atoms with Crippen LogP contribution in [0.15, 0.2) is 10.9 Å². The second kappa shape index (κ2) is 6.27. The van der Waals surface area contributed by atoms with Crippen LogP contribution in [0.5, 0.6) is 0 Å². The predicted octanol–water partition coefficient (Wildman–Crippen LogP) is 0.905. The van der Waals surface area contributed by atoms with Gasteiger partial charge in [-0.15, -0.1) is 0 Å². The Labute approximate surface area is 94.9 Å². The maximum atomic E-state index is 11.2. The summed E-state index contributed by atoms with van der Waals surface area (Å²) in [5, 5.41) is 12.4. The zero-order valence-electron chi connectivity index (χ0n) is 9.79. The number of aromatic nitrogens is 2. The normalized spacial score (nSPS) is 12.4. The highest BCUT2D eigenvalue weighted by molar-refractivity contribution is 5.32. The molecule has 90 valence electrons. The highest BCUT2D eigenvalue weighted by Crippen LogP contribution is 2.01. The van der Waals surface area contributed by atoms with Gasteiger partial charge in [-0.1, -0.05) is 13.8 Å². The average molecular weight is 225 g/mol. The molecule has 0 aliphatic heterocycles. The molecule has 1 atom stereocenters. The smallest absolute Gasteiger partial charge is 0.252 e. The number of nitrogens with zero attached hydrogens (tertiary/aromatic N) is 1. The van der Waals surface area contributed by atoms with E-state index >= 15 is 0 Å². The first kappa shape index (κ1) is 12.7. The number of aryl methyl sites for hydroxylation is 1. The Morgan fingerprint density at radius 2 is 2.31 bits per heavy atom. The Bertz CT molecular complexity index is 376. The molecule has 0 saturated heterocycles. The number of H-pyrrole nitrogens is 1. The molecule has 0 aromatic carbocycles. The van der Waals surface area contributed by atoms with Crippen molar-refractivity contribution in [1.29, 1.82) is 0 Å². The van der Waals surface area contributed by atoms with Crippen molar-refractivity contribution >= 4 is 5.82 Å². The van der Waals surface area contributed by atoms with Gasteiger partial charge in [0.15, 0.2) is 0 Å². The minimum Gasteiger partial charge on any atom is -0.393 e. The van der Waals surface area contributed by atoms with Crippen molar-refractivity contribution in [3.05, 3.63) is 22.2 Å². The third-order valence-electron chi connectivity index (χ3n) is 2.38. The van der Waals surface area contributed by atoms with Gasteiger partial charge in [0.25, 0.3) is 5.56 Å². The SMILES string of the molecule is CCc1nc(NCCC(O)CC)cc(=O)[nH]1. The molecule has 0 fully saturated rings. The summed E-state index contributed by atoms with van der Waals surface area (Å²) in [7, 11) is 0. The fourth-order valence-corrected chi connectivity index (χ4v) is 1.34. The van der Waals surface area contributed by atoms with E-state index in [-0.39, 0.29) is 11.7 Å². The van der Waals surface area contributed by atoms with Gasteiger partial charge in [-0.25, -0.2) is 4.98 Å². The highest BCUT2D eigenvalue weighted by atomic mass is 16.3. The number of aromatic amines is 1. The third kappa shape index (κ3) is 4.02. The van der Waals surface area contributed by atoms with Gasteiger partial charge in [-0.05, 0) is 12.8 Å². The second-order valence-electron chi connectivity index (χ2n) is 3.71. The van der Waals surface area contributed by atoms with Crippen molar-refractivity contribution in [1.82, 2.24) is 9.97 Å². The number of aliphatic hydroxyl groups excluding tert-OH is 1. The molecule has 0 aliphatic carbocycles. The summed E-state index contributed by atoms with van der Waals surface area (Å²) in [4.78, 5) is 18.1. The van der Waals surface area contributed by atoms with Crippen LogP contribution in [0.1, 0.15) is 32.5 Å². The molecule has 0 aliphatic rings. The van der Waals surface area contributed by atoms with Crippen LogP contribution in [0.4, 0.5) is 5.82 Å². The minimum absolute atomic E-state index is 0.148. The molecule has 1 aromatic heterocycles. The monoisotopic (exact) mass is 225 g/mol. The average Bonchev–Trinajstić information content (AvgIpc) is 2.28. The summed E-state index contributed by atoms with van der Waals surface area (Å²) in [5.41, 5.74) is -0.148. The molecule has 5 heteroatoms. The lowest BCUT2D eigenvalue weighted by atomic mass is 10.2. The van der Waals surface area contributed by atoms with Crippen LogP contribution in [0.2, 0.25) is 0 Å². The lowest BCUT2D eigenvalue weighted by Crippen LogP contribution is -2.16. The predicted molar refractivity (Wildman–Crippen MR) is 63.6 cm³/mol. The first-order valence-electron chi connectivity index (χ1n) is 5.67. The van der Waals surface area contributed by atoms with E-state index in [0.717, 1.165) is 6.42 Å². The topological polar surface area (TPSA) is 78.0 Å². The lowest BCUT2D eigenvalue weighted by molar-refractivity contribution is 0.164. The van der Waals surface area contributed by atoms with Gasteiger partial charge in [-0.3, -0.25) is 4.79 Å². The van der Waals surface area contributed by atoms with E-state index in [1.165, 1.54) is 6.07 Å². The van der Waals surface area contributed by atoms with Gasteiger partial charge < -0.3 is 15.4 Å². The summed E-state index contributed by atoms with van der Waals surface area (Å²) in [6.07, 6.45) is 1.81. The van der Waals surface area contributed by atoms with E-state index in [1.54, 1.807) is 0 Å². The third-order valence-corrected chi connectivity index (χ3v) is 2.38. The fraction of sp³-hybridized carbons (Fsp3) is 0.636. The number of aliphatic hydroxyl groups is 1. The second-order valence-corrected chi connectivity index (χ2v) is 3.71. The molecule has 1 unspecified atom stereocenters. The maximum Gasteiger partial charge on any atom is 0.252 e. The van der Waals surface area contributed by atoms with Crippen LogP contribution in [-0.2, 0) is 6.42 Å². The van der Waals surface area contributed by atoms with E-state index in [0.29, 0.717) is 31.0 Å². The highest BCUT2D eigenvalue weighted by Gasteiger charge is 2.02. The summed E-state index contributed by atoms with van der Waals surface area (Å²) >= 11 is 0. The van der Waals surface area contributed by atoms with Crippen LogP contribution < -0.4 is 10.9 Å². The molecular weight excluding hydrogens is 206 g/mol. The Kier molecular flexibility index (Phi) is 4.98. The molecule has 0 radical (unpaired) electrons. The van der Waals surface area contributed by atoms with Gasteiger partial charge in [0.1, 0.15) is 11.6 Å². The molecule has 0 saturated carbocycles. The van der Waals surface area contributed by atoms with Crippen molar-refractivity contribution in [2.24, 2.45) is 0 Å². The van der Waals surface area contributed by atoms with E-state index in [1.807, 2.05) is 13.8 Å². The first-order valence-corrected chi connectivity index (χ1v) is 5.67. The molecule has 1 aromatic rings. The number of hydrogen-bond acceptors (Lipinski definition) is 4. The minimum atomic E-state index is -0.292. The molecule has 3 N–H and O–H groups in total. The van der Waals surface area contributed by atoms with E-state index in [4.69, 9.17) is 0 Å². The lowest BCUT2D eigenvalue weighted by Gasteiger charge is -2.09. The Morgan fingerprint density at radius 1 is 1.56 bits per heavy atom. The van der Waals surface area contributed by atoms with Crippen molar-refractivity contribution in [2.75, 3.05) is 11.9 Å².